The number of nitrogens with one attached hydrogen (secondary N) is 2. The first kappa shape index (κ1) is 38.8. The molecule has 2 aromatic carbocycles. The maximum Gasteiger partial charge on any atom is 0.289 e. The van der Waals surface area contributed by atoms with Crippen molar-refractivity contribution in [3.63, 3.8) is 0 Å². The van der Waals surface area contributed by atoms with Crippen LogP contribution in [0.15, 0.2) is 42.5 Å². The highest BCUT2D eigenvalue weighted by Gasteiger charge is 2.32. The smallest absolute Gasteiger partial charge is 0.289 e. The Balaban J connectivity index is 2.11. The third-order valence-electron chi connectivity index (χ3n) is 7.31. The number of carbonyl (C=O) groups is 1. The second-order valence-corrected chi connectivity index (χ2v) is 16.6. The van der Waals surface area contributed by atoms with Crippen LogP contribution in [0.5, 0.6) is 0 Å². The van der Waals surface area contributed by atoms with Gasteiger partial charge in [0, 0.05) is 23.4 Å². The number of anilines is 1. The molecule has 0 radical (unpaired) electrons. The van der Waals surface area contributed by atoms with Gasteiger partial charge in [-0.3, -0.25) is 9.52 Å². The van der Waals surface area contributed by atoms with Crippen molar-refractivity contribution in [3.05, 3.63) is 76.1 Å². The highest BCUT2D eigenvalue weighted by atomic mass is 35.5. The van der Waals surface area contributed by atoms with Crippen molar-refractivity contribution in [2.24, 2.45) is 0 Å². The maximum absolute atomic E-state index is 15.2. The summed E-state index contributed by atoms with van der Waals surface area (Å²) in [6.45, 7) is 2.72. The van der Waals surface area contributed by atoms with Crippen molar-refractivity contribution >= 4 is 65.7 Å². The largest absolute Gasteiger partial charge is 0.346 e. The summed E-state index contributed by atoms with van der Waals surface area (Å²) in [7, 11) is -7.79. The molecule has 0 aliphatic heterocycles. The van der Waals surface area contributed by atoms with E-state index < -0.39 is 78.1 Å². The minimum absolute atomic E-state index is 0.00450. The minimum atomic E-state index is -4.10. The van der Waals surface area contributed by atoms with Crippen LogP contribution in [0, 0.1) is 23.5 Å². The number of fused-ring (bicyclic) bond motifs is 1. The van der Waals surface area contributed by atoms with E-state index in [4.69, 9.17) is 23.2 Å². The standard InChI is InChI=1S/C31H28Cl2F5N5O5S2/c1-31(2,49(3,45)46)10-9-19-5-6-20(26(39-19)23(40-24(44)15-32)13-16-11-17(34)14-18(35)12-16)21-7-8-22(33)25-27(21)43(29(38)28(36)37)41-30(25)42-50(4,47)48/h5-8,11-12,14,23,28-29H,13,15H2,1-4H3,(H,40,44)(H,41,42). The fraction of sp³-hybridized carbons (Fsp3) is 0.323. The Morgan fingerprint density at radius 1 is 1.00 bits per heavy atom. The number of alkyl halides is 4. The summed E-state index contributed by atoms with van der Waals surface area (Å²) in [5, 5.41) is 5.91. The lowest BCUT2D eigenvalue weighted by Gasteiger charge is -2.22. The van der Waals surface area contributed by atoms with Crippen LogP contribution >= 0.6 is 23.2 Å². The molecule has 0 spiro atoms. The summed E-state index contributed by atoms with van der Waals surface area (Å²) in [6, 6.07) is 6.55. The molecule has 0 saturated heterocycles. The molecule has 0 bridgehead atoms. The summed E-state index contributed by atoms with van der Waals surface area (Å²) < 4.78 is 121. The number of carbonyl (C=O) groups excluding carboxylic acids is 1. The van der Waals surface area contributed by atoms with Gasteiger partial charge in [0.2, 0.25) is 15.9 Å². The fourth-order valence-corrected chi connectivity index (χ4v) is 5.80. The van der Waals surface area contributed by atoms with Crippen LogP contribution in [0.4, 0.5) is 27.8 Å². The zero-order chi connectivity index (χ0) is 37.3. The molecular formula is C31H28Cl2F5N5O5S2. The van der Waals surface area contributed by atoms with Gasteiger partial charge in [-0.1, -0.05) is 23.6 Å². The zero-order valence-corrected chi connectivity index (χ0v) is 29.7. The number of hydrogen-bond acceptors (Lipinski definition) is 7. The summed E-state index contributed by atoms with van der Waals surface area (Å²) >= 11 is 12.2. The number of sulfone groups is 1. The zero-order valence-electron chi connectivity index (χ0n) is 26.5. The highest BCUT2D eigenvalue weighted by Crippen LogP contribution is 2.42. The molecule has 0 saturated carbocycles. The van der Waals surface area contributed by atoms with E-state index in [-0.39, 0.29) is 49.6 Å². The predicted octanol–water partition coefficient (Wildman–Crippen LogP) is 5.95. The summed E-state index contributed by atoms with van der Waals surface area (Å²) in [4.78, 5) is 17.2. The molecule has 4 rings (SSSR count). The second kappa shape index (κ2) is 14.7. The van der Waals surface area contributed by atoms with Crippen LogP contribution in [-0.2, 0) is 31.1 Å². The average molecular weight is 781 g/mol. The number of hydrogen-bond donors (Lipinski definition) is 2. The van der Waals surface area contributed by atoms with E-state index in [2.05, 4.69) is 27.2 Å². The van der Waals surface area contributed by atoms with E-state index in [1.807, 2.05) is 4.72 Å². The number of pyridine rings is 1. The van der Waals surface area contributed by atoms with Gasteiger partial charge in [-0.15, -0.1) is 11.6 Å². The fourth-order valence-electron chi connectivity index (χ4n) is 4.75. The molecule has 4 aromatic rings. The van der Waals surface area contributed by atoms with E-state index in [9.17, 15) is 39.2 Å². The SMILES string of the molecule is CC(C)(C#Cc1ccc(-c2ccc(Cl)c3c(NS(C)(=O)=O)nn(C(F)C(F)F)c23)c(C(Cc2cc(F)cc(F)c2)NC(=O)CCl)n1)S(C)(=O)=O. The normalized spacial score (nSPS) is 13.5. The Hall–Kier alpha value is -3.98. The van der Waals surface area contributed by atoms with E-state index in [1.54, 1.807) is 0 Å². The van der Waals surface area contributed by atoms with Crippen LogP contribution in [0.2, 0.25) is 5.02 Å². The van der Waals surface area contributed by atoms with Crippen molar-refractivity contribution in [1.29, 1.82) is 0 Å². The quantitative estimate of drug-likeness (QED) is 0.109. The number of halogens is 7. The van der Waals surface area contributed by atoms with E-state index in [0.717, 1.165) is 24.6 Å². The van der Waals surface area contributed by atoms with Gasteiger partial charge in [-0.2, -0.15) is 5.10 Å². The number of rotatable bonds is 11. The van der Waals surface area contributed by atoms with Gasteiger partial charge in [0.15, 0.2) is 15.7 Å². The Morgan fingerprint density at radius 3 is 2.18 bits per heavy atom. The topological polar surface area (TPSA) is 140 Å². The molecule has 0 fully saturated rings. The van der Waals surface area contributed by atoms with E-state index in [0.29, 0.717) is 6.07 Å². The van der Waals surface area contributed by atoms with Gasteiger partial charge < -0.3 is 5.32 Å². The van der Waals surface area contributed by atoms with Crippen molar-refractivity contribution < 1.29 is 43.6 Å². The monoisotopic (exact) mass is 779 g/mol. The predicted molar refractivity (Wildman–Crippen MR) is 180 cm³/mol. The van der Waals surface area contributed by atoms with Crippen LogP contribution in [0.25, 0.3) is 22.0 Å². The molecule has 19 heteroatoms. The van der Waals surface area contributed by atoms with Gasteiger partial charge in [0.25, 0.3) is 12.7 Å². The Kier molecular flexibility index (Phi) is 11.4. The number of benzene rings is 2. The molecule has 268 valence electrons. The lowest BCUT2D eigenvalue weighted by Crippen LogP contribution is -2.32. The first-order valence-corrected chi connectivity index (χ1v) is 19.0. The van der Waals surface area contributed by atoms with Crippen molar-refractivity contribution in [1.82, 2.24) is 20.1 Å². The van der Waals surface area contributed by atoms with Crippen LogP contribution < -0.4 is 10.0 Å². The summed E-state index contributed by atoms with van der Waals surface area (Å²) in [6.07, 6.45) is -5.33. The molecular weight excluding hydrogens is 752 g/mol. The number of amides is 1. The van der Waals surface area contributed by atoms with Crippen LogP contribution in [-0.4, -0.2) is 67.1 Å². The third kappa shape index (κ3) is 8.84. The molecule has 2 aromatic heterocycles. The lowest BCUT2D eigenvalue weighted by atomic mass is 9.93. The first-order valence-electron chi connectivity index (χ1n) is 14.3. The van der Waals surface area contributed by atoms with Crippen molar-refractivity contribution in [2.45, 2.75) is 43.8 Å². The molecule has 2 heterocycles. The molecule has 2 atom stereocenters. The lowest BCUT2D eigenvalue weighted by molar-refractivity contribution is -0.119. The Labute approximate surface area is 294 Å². The van der Waals surface area contributed by atoms with Gasteiger partial charge >= 0.3 is 0 Å². The minimum Gasteiger partial charge on any atom is -0.346 e. The van der Waals surface area contributed by atoms with Gasteiger partial charge in [-0.25, -0.2) is 48.5 Å². The highest BCUT2D eigenvalue weighted by molar-refractivity contribution is 7.92. The Bertz CT molecular complexity index is 2240. The molecule has 0 aliphatic carbocycles. The van der Waals surface area contributed by atoms with Crippen molar-refractivity contribution in [2.75, 3.05) is 23.1 Å². The van der Waals surface area contributed by atoms with Crippen LogP contribution in [0.1, 0.15) is 43.1 Å². The number of aromatic nitrogens is 3. The van der Waals surface area contributed by atoms with E-state index >= 15 is 4.39 Å². The third-order valence-corrected chi connectivity index (χ3v) is 10.4. The van der Waals surface area contributed by atoms with Gasteiger partial charge in [0.1, 0.15) is 28.0 Å². The molecule has 1 amide bonds. The number of nitrogens with zero attached hydrogens (tertiary/aromatic N) is 3. The van der Waals surface area contributed by atoms with Crippen molar-refractivity contribution in [3.8, 4) is 23.0 Å². The summed E-state index contributed by atoms with van der Waals surface area (Å²) in [5.41, 5.74) is -0.614. The van der Waals surface area contributed by atoms with E-state index in [1.165, 1.54) is 38.1 Å². The molecule has 0 aliphatic rings. The van der Waals surface area contributed by atoms with Gasteiger partial charge in [0.05, 0.1) is 33.9 Å². The number of sulfonamides is 1. The summed E-state index contributed by atoms with van der Waals surface area (Å²) in [5.74, 6) is 1.51. The molecule has 2 unspecified atom stereocenters. The Morgan fingerprint density at radius 2 is 1.62 bits per heavy atom. The molecule has 50 heavy (non-hydrogen) atoms. The second-order valence-electron chi connectivity index (χ2n) is 11.6. The molecule has 2 N–H and O–H groups in total. The van der Waals surface area contributed by atoms with Gasteiger partial charge in [-0.05, 0) is 62.1 Å². The molecule has 10 nitrogen and oxygen atoms in total. The average Bonchev–Trinajstić information content (AvgIpc) is 3.36. The van der Waals surface area contributed by atoms with Crippen LogP contribution in [0.3, 0.4) is 0 Å². The maximum atomic E-state index is 15.2. The first-order chi connectivity index (χ1) is 23.1.